The fraction of sp³-hybridized carbons (Fsp3) is 0. The number of halogens is 1. The van der Waals surface area contributed by atoms with Crippen LogP contribution in [0.5, 0.6) is 0 Å². The Hall–Kier alpha value is -3.68. The van der Waals surface area contributed by atoms with Gasteiger partial charge < -0.3 is 5.32 Å². The molecule has 0 saturated heterocycles. The van der Waals surface area contributed by atoms with Gasteiger partial charge in [0.1, 0.15) is 5.82 Å². The number of carbonyl (C=O) groups is 1. The lowest BCUT2D eigenvalue weighted by Crippen LogP contribution is -2.14. The van der Waals surface area contributed by atoms with Gasteiger partial charge in [0.2, 0.25) is 0 Å². The summed E-state index contributed by atoms with van der Waals surface area (Å²) in [4.78, 5) is 17.7. The predicted octanol–water partition coefficient (Wildman–Crippen LogP) is 2.60. The average Bonchev–Trinajstić information content (AvgIpc) is 3.12. The molecule has 0 radical (unpaired) electrons. The van der Waals surface area contributed by atoms with E-state index >= 15 is 0 Å². The molecular formula is C17H11FN6O. The number of tetrazole rings is 1. The molecule has 0 aliphatic heterocycles. The minimum absolute atomic E-state index is 0.0874. The molecule has 2 aromatic heterocycles. The van der Waals surface area contributed by atoms with Gasteiger partial charge in [-0.3, -0.25) is 9.78 Å². The van der Waals surface area contributed by atoms with E-state index in [0.29, 0.717) is 11.4 Å². The topological polar surface area (TPSA) is 85.6 Å². The first-order valence-electron chi connectivity index (χ1n) is 7.41. The highest BCUT2D eigenvalue weighted by atomic mass is 19.1. The van der Waals surface area contributed by atoms with Crippen molar-refractivity contribution in [2.24, 2.45) is 0 Å². The summed E-state index contributed by atoms with van der Waals surface area (Å²) < 4.78 is 13.0. The molecule has 7 nitrogen and oxygen atoms in total. The van der Waals surface area contributed by atoms with Crippen LogP contribution < -0.4 is 5.32 Å². The molecule has 0 fully saturated rings. The first-order chi connectivity index (χ1) is 12.2. The summed E-state index contributed by atoms with van der Waals surface area (Å²) in [5.41, 5.74) is 1.94. The van der Waals surface area contributed by atoms with Crippen LogP contribution >= 0.6 is 0 Å². The lowest BCUT2D eigenvalue weighted by Gasteiger charge is -2.03. The molecule has 25 heavy (non-hydrogen) atoms. The molecule has 0 saturated carbocycles. The Balaban J connectivity index is 1.55. The second-order valence-electron chi connectivity index (χ2n) is 5.24. The van der Waals surface area contributed by atoms with E-state index in [9.17, 15) is 9.18 Å². The summed E-state index contributed by atoms with van der Waals surface area (Å²) in [5.74, 6) is -0.945. The van der Waals surface area contributed by atoms with Gasteiger partial charge in [-0.15, -0.1) is 15.0 Å². The summed E-state index contributed by atoms with van der Waals surface area (Å²) in [5, 5.41) is 15.2. The van der Waals surface area contributed by atoms with Crippen LogP contribution in [-0.2, 0) is 0 Å². The zero-order valence-electron chi connectivity index (χ0n) is 12.8. The van der Waals surface area contributed by atoms with Gasteiger partial charge in [0.05, 0.1) is 11.2 Å². The Morgan fingerprint density at radius 1 is 1.08 bits per heavy atom. The first-order valence-corrected chi connectivity index (χ1v) is 7.41. The van der Waals surface area contributed by atoms with Gasteiger partial charge in [0.15, 0.2) is 0 Å². The predicted molar refractivity (Wildman–Crippen MR) is 88.8 cm³/mol. The largest absolute Gasteiger partial charge is 0.319 e. The van der Waals surface area contributed by atoms with Gasteiger partial charge in [-0.2, -0.15) is 0 Å². The molecule has 0 aliphatic carbocycles. The van der Waals surface area contributed by atoms with Crippen LogP contribution in [0.4, 0.5) is 10.1 Å². The maximum Gasteiger partial charge on any atom is 0.297 e. The van der Waals surface area contributed by atoms with E-state index in [2.05, 4.69) is 25.7 Å². The van der Waals surface area contributed by atoms with Crippen LogP contribution in [0.2, 0.25) is 0 Å². The Morgan fingerprint density at radius 3 is 2.76 bits per heavy atom. The zero-order chi connectivity index (χ0) is 17.2. The molecule has 1 N–H and O–H groups in total. The Morgan fingerprint density at radius 2 is 1.92 bits per heavy atom. The fourth-order valence-electron chi connectivity index (χ4n) is 2.33. The first kappa shape index (κ1) is 14.9. The van der Waals surface area contributed by atoms with Crippen molar-refractivity contribution in [2.75, 3.05) is 5.32 Å². The quantitative estimate of drug-likeness (QED) is 0.622. The number of hydrogen-bond acceptors (Lipinski definition) is 5. The van der Waals surface area contributed by atoms with Crippen molar-refractivity contribution in [3.05, 3.63) is 72.4 Å². The highest BCUT2D eigenvalue weighted by Crippen LogP contribution is 2.17. The van der Waals surface area contributed by atoms with Crippen LogP contribution in [0.15, 0.2) is 60.8 Å². The molecule has 8 heteroatoms. The van der Waals surface area contributed by atoms with Gasteiger partial charge >= 0.3 is 0 Å². The SMILES string of the molecule is O=C(Nc1ccc2ncccc2c1)c1nnn(-c2ccc(F)cc2)n1. The lowest BCUT2D eigenvalue weighted by atomic mass is 10.2. The van der Waals surface area contributed by atoms with E-state index in [1.54, 1.807) is 12.3 Å². The van der Waals surface area contributed by atoms with Crippen LogP contribution in [0.1, 0.15) is 10.6 Å². The van der Waals surface area contributed by atoms with Crippen molar-refractivity contribution in [3.63, 3.8) is 0 Å². The molecule has 2 aromatic carbocycles. The number of anilines is 1. The molecule has 122 valence electrons. The number of amides is 1. The number of fused-ring (bicyclic) bond motifs is 1. The Labute approximate surface area is 141 Å². The van der Waals surface area contributed by atoms with Crippen LogP contribution in [0, 0.1) is 5.82 Å². The van der Waals surface area contributed by atoms with E-state index in [-0.39, 0.29) is 11.6 Å². The maximum absolute atomic E-state index is 13.0. The van der Waals surface area contributed by atoms with Crippen molar-refractivity contribution in [2.45, 2.75) is 0 Å². The Kier molecular flexibility index (Phi) is 3.62. The minimum Gasteiger partial charge on any atom is -0.319 e. The third-order valence-electron chi connectivity index (χ3n) is 3.54. The molecule has 0 bridgehead atoms. The van der Waals surface area contributed by atoms with Crippen LogP contribution in [0.25, 0.3) is 16.6 Å². The number of rotatable bonds is 3. The number of pyridine rings is 1. The third-order valence-corrected chi connectivity index (χ3v) is 3.54. The van der Waals surface area contributed by atoms with Crippen LogP contribution in [0.3, 0.4) is 0 Å². The second-order valence-corrected chi connectivity index (χ2v) is 5.24. The fourth-order valence-corrected chi connectivity index (χ4v) is 2.33. The van der Waals surface area contributed by atoms with Crippen LogP contribution in [-0.4, -0.2) is 31.1 Å². The number of nitrogens with one attached hydrogen (secondary N) is 1. The summed E-state index contributed by atoms with van der Waals surface area (Å²) in [6.07, 6.45) is 1.71. The zero-order valence-corrected chi connectivity index (χ0v) is 12.8. The smallest absolute Gasteiger partial charge is 0.297 e. The van der Waals surface area contributed by atoms with Crippen molar-refractivity contribution in [1.29, 1.82) is 0 Å². The molecule has 4 rings (SSSR count). The molecule has 0 aliphatic rings. The summed E-state index contributed by atoms with van der Waals surface area (Å²) in [7, 11) is 0. The molecule has 1 amide bonds. The van der Waals surface area contributed by atoms with E-state index in [0.717, 1.165) is 10.9 Å². The molecule has 4 aromatic rings. The standard InChI is InChI=1S/C17H11FN6O/c18-12-3-6-14(7-4-12)24-22-16(21-23-24)17(25)20-13-5-8-15-11(10-13)2-1-9-19-15/h1-10H,(H,20,25). The van der Waals surface area contributed by atoms with E-state index in [1.165, 1.54) is 29.1 Å². The highest BCUT2D eigenvalue weighted by molar-refractivity contribution is 6.02. The molecule has 0 spiro atoms. The maximum atomic E-state index is 13.0. The minimum atomic E-state index is -0.489. The number of nitrogens with zero attached hydrogens (tertiary/aromatic N) is 5. The monoisotopic (exact) mass is 334 g/mol. The van der Waals surface area contributed by atoms with E-state index in [1.807, 2.05) is 24.3 Å². The third kappa shape index (κ3) is 3.05. The number of aromatic nitrogens is 5. The van der Waals surface area contributed by atoms with Gasteiger partial charge in [0.25, 0.3) is 11.7 Å². The Bertz CT molecular complexity index is 1060. The highest BCUT2D eigenvalue weighted by Gasteiger charge is 2.14. The van der Waals surface area contributed by atoms with Crippen molar-refractivity contribution in [1.82, 2.24) is 25.2 Å². The molecule has 0 atom stereocenters. The molecular weight excluding hydrogens is 323 g/mol. The van der Waals surface area contributed by atoms with Gasteiger partial charge in [0, 0.05) is 17.3 Å². The lowest BCUT2D eigenvalue weighted by molar-refractivity contribution is 0.101. The number of hydrogen-bond donors (Lipinski definition) is 1. The average molecular weight is 334 g/mol. The summed E-state index contributed by atoms with van der Waals surface area (Å²) >= 11 is 0. The molecule has 0 unspecified atom stereocenters. The normalized spacial score (nSPS) is 10.8. The van der Waals surface area contributed by atoms with Gasteiger partial charge in [-0.1, -0.05) is 6.07 Å². The number of benzene rings is 2. The second kappa shape index (κ2) is 6.08. The van der Waals surface area contributed by atoms with E-state index < -0.39 is 5.91 Å². The van der Waals surface area contributed by atoms with Crippen molar-refractivity contribution in [3.8, 4) is 5.69 Å². The van der Waals surface area contributed by atoms with Crippen molar-refractivity contribution >= 4 is 22.5 Å². The van der Waals surface area contributed by atoms with E-state index in [4.69, 9.17) is 0 Å². The van der Waals surface area contributed by atoms with Crippen molar-refractivity contribution < 1.29 is 9.18 Å². The summed E-state index contributed by atoms with van der Waals surface area (Å²) in [6.45, 7) is 0. The van der Waals surface area contributed by atoms with Gasteiger partial charge in [-0.25, -0.2) is 4.39 Å². The summed E-state index contributed by atoms with van der Waals surface area (Å²) in [6, 6.07) is 14.6. The molecule has 2 heterocycles. The van der Waals surface area contributed by atoms with Gasteiger partial charge in [-0.05, 0) is 53.7 Å². The number of carbonyl (C=O) groups excluding carboxylic acids is 1.